The van der Waals surface area contributed by atoms with Crippen molar-refractivity contribution in [2.75, 3.05) is 20.1 Å². The van der Waals surface area contributed by atoms with E-state index in [4.69, 9.17) is 5.11 Å². The van der Waals surface area contributed by atoms with Gasteiger partial charge in [-0.3, -0.25) is 4.79 Å². The molecule has 1 unspecified atom stereocenters. The van der Waals surface area contributed by atoms with Crippen molar-refractivity contribution < 1.29 is 14.7 Å². The molecule has 1 aliphatic heterocycles. The fraction of sp³-hybridized carbons (Fsp3) is 0.600. The SMILES string of the molecule is CC(Cc1cccs1)N(C)C(=O)N1CCC(C(=O)O)CC1. The van der Waals surface area contributed by atoms with Crippen molar-refractivity contribution in [3.05, 3.63) is 22.4 Å². The van der Waals surface area contributed by atoms with E-state index in [-0.39, 0.29) is 18.0 Å². The summed E-state index contributed by atoms with van der Waals surface area (Å²) >= 11 is 1.70. The van der Waals surface area contributed by atoms with E-state index in [0.717, 1.165) is 6.42 Å². The largest absolute Gasteiger partial charge is 0.481 e. The zero-order valence-electron chi connectivity index (χ0n) is 12.5. The molecule has 6 heteroatoms. The van der Waals surface area contributed by atoms with E-state index in [0.29, 0.717) is 25.9 Å². The van der Waals surface area contributed by atoms with Gasteiger partial charge in [0.2, 0.25) is 0 Å². The highest BCUT2D eigenvalue weighted by molar-refractivity contribution is 7.09. The Balaban J connectivity index is 1.86. The molecule has 2 amide bonds. The lowest BCUT2D eigenvalue weighted by Crippen LogP contribution is -2.49. The summed E-state index contributed by atoms with van der Waals surface area (Å²) in [6.45, 7) is 3.11. The number of carboxylic acid groups (broad SMARTS) is 1. The Morgan fingerprint density at radius 1 is 1.48 bits per heavy atom. The third-order valence-electron chi connectivity index (χ3n) is 4.15. The van der Waals surface area contributed by atoms with Crippen LogP contribution < -0.4 is 0 Å². The Kier molecular flexibility index (Phi) is 5.22. The van der Waals surface area contributed by atoms with Crippen molar-refractivity contribution in [2.45, 2.75) is 32.2 Å². The molecule has 0 radical (unpaired) electrons. The summed E-state index contributed by atoms with van der Waals surface area (Å²) in [6, 6.07) is 4.24. The van der Waals surface area contributed by atoms with Gasteiger partial charge in [0.1, 0.15) is 0 Å². The summed E-state index contributed by atoms with van der Waals surface area (Å²) in [4.78, 5) is 28.2. The Morgan fingerprint density at radius 3 is 2.67 bits per heavy atom. The van der Waals surface area contributed by atoms with Crippen LogP contribution in [0.1, 0.15) is 24.6 Å². The van der Waals surface area contributed by atoms with Gasteiger partial charge in [-0.2, -0.15) is 0 Å². The summed E-state index contributed by atoms with van der Waals surface area (Å²) in [5.74, 6) is -1.05. The first-order chi connectivity index (χ1) is 9.99. The number of carbonyl (C=O) groups is 2. The van der Waals surface area contributed by atoms with E-state index >= 15 is 0 Å². The maximum Gasteiger partial charge on any atom is 0.319 e. The number of aliphatic carboxylic acids is 1. The van der Waals surface area contributed by atoms with Gasteiger partial charge in [-0.15, -0.1) is 11.3 Å². The molecule has 1 saturated heterocycles. The second kappa shape index (κ2) is 6.93. The lowest BCUT2D eigenvalue weighted by Gasteiger charge is -2.35. The van der Waals surface area contributed by atoms with Crippen LogP contribution in [0.15, 0.2) is 17.5 Å². The number of thiophene rings is 1. The van der Waals surface area contributed by atoms with Crippen LogP contribution in [0.25, 0.3) is 0 Å². The predicted molar refractivity (Wildman–Crippen MR) is 82.6 cm³/mol. The fourth-order valence-corrected chi connectivity index (χ4v) is 3.41. The quantitative estimate of drug-likeness (QED) is 0.929. The molecule has 0 aliphatic carbocycles. The standard InChI is InChI=1S/C15H22N2O3S/c1-11(10-13-4-3-9-21-13)16(2)15(20)17-7-5-12(6-8-17)14(18)19/h3-4,9,11-12H,5-8,10H2,1-2H3,(H,18,19). The minimum Gasteiger partial charge on any atom is -0.481 e. The first-order valence-corrected chi connectivity index (χ1v) is 8.14. The normalized spacial score (nSPS) is 17.5. The van der Waals surface area contributed by atoms with Gasteiger partial charge in [-0.25, -0.2) is 4.79 Å². The number of nitrogens with zero attached hydrogens (tertiary/aromatic N) is 2. The molecule has 5 nitrogen and oxygen atoms in total. The van der Waals surface area contributed by atoms with Crippen molar-refractivity contribution in [1.29, 1.82) is 0 Å². The van der Waals surface area contributed by atoms with Gasteiger partial charge >= 0.3 is 12.0 Å². The van der Waals surface area contributed by atoms with Gasteiger partial charge in [0.15, 0.2) is 0 Å². The number of likely N-dealkylation sites (N-methyl/N-ethyl adjacent to an activating group) is 1. The molecule has 1 N–H and O–H groups in total. The summed E-state index contributed by atoms with van der Waals surface area (Å²) in [5, 5.41) is 11.0. The molecule has 1 aromatic rings. The van der Waals surface area contributed by atoms with E-state index in [1.165, 1.54) is 4.88 Å². The molecule has 1 aliphatic rings. The van der Waals surface area contributed by atoms with Crippen LogP contribution in [0.5, 0.6) is 0 Å². The summed E-state index contributed by atoms with van der Waals surface area (Å²) in [5.41, 5.74) is 0. The zero-order chi connectivity index (χ0) is 15.4. The Bertz CT molecular complexity index is 481. The third-order valence-corrected chi connectivity index (χ3v) is 5.05. The molecule has 21 heavy (non-hydrogen) atoms. The van der Waals surface area contributed by atoms with Crippen LogP contribution in [0.4, 0.5) is 4.79 Å². The molecule has 0 spiro atoms. The minimum absolute atomic E-state index is 0.00268. The van der Waals surface area contributed by atoms with Crippen LogP contribution in [-0.4, -0.2) is 53.1 Å². The van der Waals surface area contributed by atoms with Gasteiger partial charge in [0.25, 0.3) is 0 Å². The molecule has 1 aromatic heterocycles. The Morgan fingerprint density at radius 2 is 2.14 bits per heavy atom. The van der Waals surface area contributed by atoms with Gasteiger partial charge in [-0.05, 0) is 31.2 Å². The highest BCUT2D eigenvalue weighted by Crippen LogP contribution is 2.20. The van der Waals surface area contributed by atoms with E-state index in [1.807, 2.05) is 25.4 Å². The second-order valence-corrected chi connectivity index (χ2v) is 6.66. The van der Waals surface area contributed by atoms with Gasteiger partial charge < -0.3 is 14.9 Å². The molecule has 2 rings (SSSR count). The molecule has 1 atom stereocenters. The number of rotatable bonds is 4. The average molecular weight is 310 g/mol. The number of carboxylic acids is 1. The first-order valence-electron chi connectivity index (χ1n) is 7.26. The fourth-order valence-electron chi connectivity index (χ4n) is 2.59. The molecular formula is C15H22N2O3S. The first kappa shape index (κ1) is 15.8. The van der Waals surface area contributed by atoms with Crippen LogP contribution in [-0.2, 0) is 11.2 Å². The predicted octanol–water partition coefficient (Wildman–Crippen LogP) is 2.53. The Labute approximate surface area is 129 Å². The van der Waals surface area contributed by atoms with Crippen molar-refractivity contribution in [3.63, 3.8) is 0 Å². The number of likely N-dealkylation sites (tertiary alicyclic amines) is 1. The highest BCUT2D eigenvalue weighted by atomic mass is 32.1. The molecule has 0 aromatic carbocycles. The van der Waals surface area contributed by atoms with Gasteiger partial charge in [0.05, 0.1) is 5.92 Å². The number of urea groups is 1. The van der Waals surface area contributed by atoms with Crippen LogP contribution in [0, 0.1) is 5.92 Å². The molecule has 0 bridgehead atoms. The summed E-state index contributed by atoms with van der Waals surface area (Å²) in [6.07, 6.45) is 1.95. The van der Waals surface area contributed by atoms with Crippen molar-refractivity contribution >= 4 is 23.3 Å². The van der Waals surface area contributed by atoms with Crippen LogP contribution in [0.3, 0.4) is 0 Å². The lowest BCUT2D eigenvalue weighted by molar-refractivity contribution is -0.143. The maximum atomic E-state index is 12.5. The molecule has 2 heterocycles. The van der Waals surface area contributed by atoms with E-state index in [2.05, 4.69) is 6.07 Å². The summed E-state index contributed by atoms with van der Waals surface area (Å²) in [7, 11) is 1.82. The smallest absolute Gasteiger partial charge is 0.319 e. The lowest BCUT2D eigenvalue weighted by atomic mass is 9.97. The average Bonchev–Trinajstić information content (AvgIpc) is 2.98. The van der Waals surface area contributed by atoms with Gasteiger partial charge in [-0.1, -0.05) is 6.07 Å². The number of carbonyl (C=O) groups excluding carboxylic acids is 1. The number of piperidine rings is 1. The number of hydrogen-bond acceptors (Lipinski definition) is 3. The molecular weight excluding hydrogens is 288 g/mol. The zero-order valence-corrected chi connectivity index (χ0v) is 13.3. The number of amides is 2. The van der Waals surface area contributed by atoms with E-state index in [9.17, 15) is 9.59 Å². The molecule has 0 saturated carbocycles. The van der Waals surface area contributed by atoms with Crippen LogP contribution in [0.2, 0.25) is 0 Å². The summed E-state index contributed by atoms with van der Waals surface area (Å²) < 4.78 is 0. The maximum absolute atomic E-state index is 12.5. The Hall–Kier alpha value is -1.56. The van der Waals surface area contributed by atoms with Crippen molar-refractivity contribution in [3.8, 4) is 0 Å². The van der Waals surface area contributed by atoms with Crippen molar-refractivity contribution in [2.24, 2.45) is 5.92 Å². The van der Waals surface area contributed by atoms with E-state index < -0.39 is 5.97 Å². The van der Waals surface area contributed by atoms with Crippen molar-refractivity contribution in [1.82, 2.24) is 9.80 Å². The minimum atomic E-state index is -0.749. The topological polar surface area (TPSA) is 60.9 Å². The molecule has 1 fully saturated rings. The molecule has 116 valence electrons. The number of hydrogen-bond donors (Lipinski definition) is 1. The van der Waals surface area contributed by atoms with E-state index in [1.54, 1.807) is 21.1 Å². The van der Waals surface area contributed by atoms with Gasteiger partial charge in [0, 0.05) is 37.5 Å². The third kappa shape index (κ3) is 3.97. The second-order valence-electron chi connectivity index (χ2n) is 5.63. The highest BCUT2D eigenvalue weighted by Gasteiger charge is 2.29. The monoisotopic (exact) mass is 310 g/mol. The van der Waals surface area contributed by atoms with Crippen LogP contribution >= 0.6 is 11.3 Å².